The van der Waals surface area contributed by atoms with Crippen LogP contribution in [-0.2, 0) is 19.4 Å². The Labute approximate surface area is 192 Å². The van der Waals surface area contributed by atoms with Gasteiger partial charge in [-0.3, -0.25) is 0 Å². The van der Waals surface area contributed by atoms with E-state index in [0.29, 0.717) is 24.1 Å². The molecular formula is C28H31FNOP. The molecule has 0 heterocycles. The topological polar surface area (TPSA) is 32.3 Å². The minimum atomic E-state index is -0.225. The average molecular weight is 448 g/mol. The molecule has 0 amide bonds. The van der Waals surface area contributed by atoms with Crippen LogP contribution in [0.5, 0.6) is 5.75 Å². The van der Waals surface area contributed by atoms with E-state index >= 15 is 0 Å². The maximum Gasteiger partial charge on any atom is 0.126 e. The smallest absolute Gasteiger partial charge is 0.126 e. The predicted molar refractivity (Wildman–Crippen MR) is 135 cm³/mol. The van der Waals surface area contributed by atoms with Gasteiger partial charge in [0.15, 0.2) is 0 Å². The third-order valence-electron chi connectivity index (χ3n) is 6.07. The Morgan fingerprint density at radius 1 is 0.906 bits per heavy atom. The number of aromatic hydroxyl groups is 1. The summed E-state index contributed by atoms with van der Waals surface area (Å²) in [6.07, 6.45) is 21.1. The highest BCUT2D eigenvalue weighted by Crippen LogP contribution is 2.30. The van der Waals surface area contributed by atoms with Gasteiger partial charge < -0.3 is 10.4 Å². The zero-order chi connectivity index (χ0) is 22.3. The summed E-state index contributed by atoms with van der Waals surface area (Å²) in [5.74, 6) is 1.06. The number of rotatable bonds is 8. The fraction of sp³-hybridized carbons (Fsp3) is 0.286. The van der Waals surface area contributed by atoms with E-state index in [9.17, 15) is 9.50 Å². The van der Waals surface area contributed by atoms with Crippen molar-refractivity contribution in [3.8, 4) is 5.75 Å². The van der Waals surface area contributed by atoms with Crippen LogP contribution in [0.4, 0.5) is 4.39 Å². The van der Waals surface area contributed by atoms with Crippen molar-refractivity contribution in [2.75, 3.05) is 7.05 Å². The third kappa shape index (κ3) is 5.85. The van der Waals surface area contributed by atoms with Crippen molar-refractivity contribution < 1.29 is 9.50 Å². The molecule has 3 atom stereocenters. The SMILES string of the molecule is CNCc1cc(F)ccc1Pc1cc(CC2C=CC=CC2)cc(CC2C=CC=CC2)c1O. The fourth-order valence-electron chi connectivity index (χ4n) is 4.45. The fourth-order valence-corrected chi connectivity index (χ4v) is 5.76. The third-order valence-corrected chi connectivity index (χ3v) is 7.48. The Hall–Kier alpha value is -2.48. The van der Waals surface area contributed by atoms with Gasteiger partial charge in [0.05, 0.1) is 0 Å². The van der Waals surface area contributed by atoms with Crippen LogP contribution in [-0.4, -0.2) is 12.2 Å². The predicted octanol–water partition coefficient (Wildman–Crippen LogP) is 5.23. The van der Waals surface area contributed by atoms with E-state index in [1.54, 1.807) is 6.07 Å². The van der Waals surface area contributed by atoms with Gasteiger partial charge in [0, 0.05) is 11.8 Å². The Bertz CT molecular complexity index is 1070. The van der Waals surface area contributed by atoms with Gasteiger partial charge in [0.25, 0.3) is 0 Å². The minimum absolute atomic E-state index is 0.225. The lowest BCUT2D eigenvalue weighted by Crippen LogP contribution is -2.17. The number of benzene rings is 2. The first-order valence-electron chi connectivity index (χ1n) is 11.3. The van der Waals surface area contributed by atoms with Gasteiger partial charge in [-0.2, -0.15) is 0 Å². The molecule has 4 rings (SSSR count). The second-order valence-corrected chi connectivity index (χ2v) is 9.96. The summed E-state index contributed by atoms with van der Waals surface area (Å²) in [4.78, 5) is 0. The number of phenolic OH excluding ortho intramolecular Hbond substituents is 1. The van der Waals surface area contributed by atoms with Crippen molar-refractivity contribution in [2.24, 2.45) is 11.8 Å². The van der Waals surface area contributed by atoms with Crippen molar-refractivity contribution in [3.63, 3.8) is 0 Å². The zero-order valence-electron chi connectivity index (χ0n) is 18.5. The quantitative estimate of drug-likeness (QED) is 0.543. The van der Waals surface area contributed by atoms with Crippen molar-refractivity contribution in [1.29, 1.82) is 0 Å². The number of halogens is 1. The molecule has 32 heavy (non-hydrogen) atoms. The van der Waals surface area contributed by atoms with E-state index < -0.39 is 0 Å². The van der Waals surface area contributed by atoms with Crippen LogP contribution in [0.3, 0.4) is 0 Å². The van der Waals surface area contributed by atoms with Crippen molar-refractivity contribution in [1.82, 2.24) is 5.32 Å². The molecule has 166 valence electrons. The largest absolute Gasteiger partial charge is 0.507 e. The summed E-state index contributed by atoms with van der Waals surface area (Å²) in [5, 5.41) is 16.4. The highest BCUT2D eigenvalue weighted by Gasteiger charge is 2.17. The number of hydrogen-bond acceptors (Lipinski definition) is 2. The summed E-state index contributed by atoms with van der Waals surface area (Å²) in [7, 11) is 2.14. The molecule has 0 saturated carbocycles. The van der Waals surface area contributed by atoms with E-state index in [0.717, 1.165) is 47.4 Å². The Morgan fingerprint density at radius 2 is 1.62 bits per heavy atom. The number of nitrogens with one attached hydrogen (secondary N) is 1. The van der Waals surface area contributed by atoms with Crippen LogP contribution in [0.1, 0.15) is 29.5 Å². The van der Waals surface area contributed by atoms with E-state index in [1.165, 1.54) is 11.6 Å². The lowest BCUT2D eigenvalue weighted by molar-refractivity contribution is 0.467. The van der Waals surface area contributed by atoms with E-state index in [-0.39, 0.29) is 14.4 Å². The summed E-state index contributed by atoms with van der Waals surface area (Å²) >= 11 is 0. The van der Waals surface area contributed by atoms with E-state index in [2.05, 4.69) is 66.1 Å². The lowest BCUT2D eigenvalue weighted by Gasteiger charge is -2.20. The van der Waals surface area contributed by atoms with Crippen LogP contribution in [0.15, 0.2) is 78.9 Å². The Morgan fingerprint density at radius 3 is 2.28 bits per heavy atom. The average Bonchev–Trinajstić information content (AvgIpc) is 2.80. The first-order chi connectivity index (χ1) is 15.6. The van der Waals surface area contributed by atoms with Gasteiger partial charge in [-0.15, -0.1) is 0 Å². The van der Waals surface area contributed by atoms with E-state index in [1.807, 2.05) is 13.1 Å². The molecule has 4 heteroatoms. The van der Waals surface area contributed by atoms with Crippen LogP contribution >= 0.6 is 8.58 Å². The molecule has 0 aliphatic heterocycles. The van der Waals surface area contributed by atoms with Gasteiger partial charge in [-0.05, 0) is 84.8 Å². The Kier molecular flexibility index (Phi) is 7.73. The van der Waals surface area contributed by atoms with Gasteiger partial charge in [-0.1, -0.05) is 69.3 Å². The molecule has 2 nitrogen and oxygen atoms in total. The minimum Gasteiger partial charge on any atom is -0.507 e. The normalized spacial score (nSPS) is 19.9. The second-order valence-electron chi connectivity index (χ2n) is 8.63. The van der Waals surface area contributed by atoms with Crippen molar-refractivity contribution in [2.45, 2.75) is 32.2 Å². The second kappa shape index (κ2) is 10.9. The number of allylic oxidation sites excluding steroid dienone is 8. The number of phenols is 1. The molecule has 0 aromatic heterocycles. The molecule has 0 spiro atoms. The van der Waals surface area contributed by atoms with Gasteiger partial charge in [0.1, 0.15) is 11.6 Å². The molecule has 0 bridgehead atoms. The highest BCUT2D eigenvalue weighted by atomic mass is 31.1. The molecule has 2 N–H and O–H groups in total. The molecular weight excluding hydrogens is 416 g/mol. The van der Waals surface area contributed by atoms with E-state index in [4.69, 9.17) is 0 Å². The summed E-state index contributed by atoms with van der Waals surface area (Å²) in [5.41, 5.74) is 3.22. The van der Waals surface area contributed by atoms with Gasteiger partial charge in [-0.25, -0.2) is 4.39 Å². The molecule has 3 unspecified atom stereocenters. The number of hydrogen-bond donors (Lipinski definition) is 2. The summed E-state index contributed by atoms with van der Waals surface area (Å²) in [6, 6.07) is 9.32. The molecule has 2 aliphatic carbocycles. The van der Waals surface area contributed by atoms with Crippen LogP contribution in [0, 0.1) is 17.7 Å². The molecule has 0 radical (unpaired) electrons. The molecule has 2 aromatic rings. The van der Waals surface area contributed by atoms with Gasteiger partial charge >= 0.3 is 0 Å². The van der Waals surface area contributed by atoms with Gasteiger partial charge in [0.2, 0.25) is 0 Å². The van der Waals surface area contributed by atoms with Crippen LogP contribution < -0.4 is 15.9 Å². The monoisotopic (exact) mass is 447 g/mol. The first kappa shape index (κ1) is 22.7. The van der Waals surface area contributed by atoms with Crippen molar-refractivity contribution >= 4 is 19.2 Å². The van der Waals surface area contributed by atoms with Crippen LogP contribution in [0.25, 0.3) is 0 Å². The lowest BCUT2D eigenvalue weighted by atomic mass is 9.89. The zero-order valence-corrected chi connectivity index (χ0v) is 19.5. The maximum absolute atomic E-state index is 13.8. The summed E-state index contributed by atoms with van der Waals surface area (Å²) in [6.45, 7) is 0.603. The van der Waals surface area contributed by atoms with Crippen molar-refractivity contribution in [3.05, 3.63) is 101 Å². The molecule has 0 saturated heterocycles. The molecule has 0 fully saturated rings. The molecule has 2 aromatic carbocycles. The highest BCUT2D eigenvalue weighted by molar-refractivity contribution is 7.55. The standard InChI is InChI=1S/C28H31FNOP/c1-30-19-24-18-25(29)12-13-26(24)32-27-17-22(14-20-8-4-2-5-9-20)16-23(28(27)31)15-21-10-6-3-7-11-21/h2-8,10,12-13,16-18,20-21,30-32H,9,11,14-15,19H2,1H3. The Balaban J connectivity index is 1.66. The summed E-state index contributed by atoms with van der Waals surface area (Å²) < 4.78 is 13.8. The molecule has 2 aliphatic rings. The van der Waals surface area contributed by atoms with Crippen LogP contribution in [0.2, 0.25) is 0 Å². The first-order valence-corrected chi connectivity index (χ1v) is 12.3. The maximum atomic E-state index is 13.8.